The Bertz CT molecular complexity index is 2230. The topological polar surface area (TPSA) is 179 Å². The SMILES string of the molecule is CC(Cc1cc(S(=O)(=O)N2CCC(Nc3ncc(OC(F)F)cn3)CC2)ccc1C#N)CN1CCC(c2ccc3c(N4CCC(=O)NC4=O)nn(C)c3c2)CC1. The monoisotopic (exact) mass is 790 g/mol. The number of likely N-dealkylation sites (tertiary alicyclic amines) is 1. The third-order valence-electron chi connectivity index (χ3n) is 10.8. The predicted octanol–water partition coefficient (Wildman–Crippen LogP) is 4.61. The van der Waals surface area contributed by atoms with Gasteiger partial charge in [0.1, 0.15) is 0 Å². The highest BCUT2D eigenvalue weighted by Crippen LogP contribution is 2.34. The molecule has 0 bridgehead atoms. The number of fused-ring (bicyclic) bond motifs is 1. The van der Waals surface area contributed by atoms with Gasteiger partial charge in [0.05, 0.1) is 34.4 Å². The largest absolute Gasteiger partial charge is 0.432 e. The molecule has 15 nitrogen and oxygen atoms in total. The molecule has 296 valence electrons. The maximum Gasteiger partial charge on any atom is 0.387 e. The van der Waals surface area contributed by atoms with Crippen LogP contribution in [0.5, 0.6) is 5.75 Å². The highest BCUT2D eigenvalue weighted by molar-refractivity contribution is 7.89. The number of rotatable bonds is 12. The number of halogens is 2. The van der Waals surface area contributed by atoms with Crippen LogP contribution in [0.15, 0.2) is 53.7 Å². The van der Waals surface area contributed by atoms with Crippen molar-refractivity contribution in [3.8, 4) is 11.8 Å². The number of nitrogens with one attached hydrogen (secondary N) is 2. The minimum absolute atomic E-state index is 0.103. The Labute approximate surface area is 323 Å². The van der Waals surface area contributed by atoms with Crippen molar-refractivity contribution in [1.29, 1.82) is 5.26 Å². The normalized spacial score (nSPS) is 18.6. The van der Waals surface area contributed by atoms with Crippen molar-refractivity contribution in [3.63, 3.8) is 0 Å². The zero-order valence-electron chi connectivity index (χ0n) is 31.2. The summed E-state index contributed by atoms with van der Waals surface area (Å²) in [5.41, 5.74) is 3.32. The minimum atomic E-state index is -3.81. The maximum atomic E-state index is 13.7. The second-order valence-corrected chi connectivity index (χ2v) is 16.7. The van der Waals surface area contributed by atoms with Crippen LogP contribution in [0.25, 0.3) is 10.9 Å². The number of benzene rings is 2. The first kappa shape index (κ1) is 39.0. The summed E-state index contributed by atoms with van der Waals surface area (Å²) < 4.78 is 59.8. The van der Waals surface area contributed by atoms with Crippen LogP contribution in [-0.4, -0.2) is 101 Å². The van der Waals surface area contributed by atoms with E-state index in [2.05, 4.69) is 60.5 Å². The van der Waals surface area contributed by atoms with Gasteiger partial charge in [-0.3, -0.25) is 19.7 Å². The van der Waals surface area contributed by atoms with Crippen molar-refractivity contribution in [2.45, 2.75) is 68.9 Å². The van der Waals surface area contributed by atoms with E-state index < -0.39 is 22.7 Å². The lowest BCUT2D eigenvalue weighted by Gasteiger charge is -2.34. The Kier molecular flexibility index (Phi) is 11.5. The first-order valence-electron chi connectivity index (χ1n) is 18.7. The molecule has 0 aliphatic carbocycles. The summed E-state index contributed by atoms with van der Waals surface area (Å²) >= 11 is 0. The van der Waals surface area contributed by atoms with E-state index in [1.807, 2.05) is 13.1 Å². The van der Waals surface area contributed by atoms with Crippen LogP contribution in [0.4, 0.5) is 25.3 Å². The van der Waals surface area contributed by atoms with E-state index in [9.17, 15) is 32.0 Å². The Morgan fingerprint density at radius 1 is 1.02 bits per heavy atom. The quantitative estimate of drug-likeness (QED) is 0.205. The number of aryl methyl sites for hydroxylation is 1. The number of carbonyl (C=O) groups excluding carboxylic acids is 2. The number of hydrogen-bond donors (Lipinski definition) is 2. The number of imide groups is 1. The zero-order valence-corrected chi connectivity index (χ0v) is 32.0. The van der Waals surface area contributed by atoms with Crippen molar-refractivity contribution >= 4 is 44.6 Å². The fraction of sp³-hybridized carbons (Fsp3) is 0.474. The van der Waals surface area contributed by atoms with Gasteiger partial charge in [-0.25, -0.2) is 23.2 Å². The first-order valence-corrected chi connectivity index (χ1v) is 20.2. The minimum Gasteiger partial charge on any atom is -0.432 e. The number of ether oxygens (including phenoxy) is 1. The number of anilines is 2. The second kappa shape index (κ2) is 16.5. The molecule has 56 heavy (non-hydrogen) atoms. The van der Waals surface area contributed by atoms with Crippen molar-refractivity contribution in [1.82, 2.24) is 34.3 Å². The summed E-state index contributed by atoms with van der Waals surface area (Å²) in [5, 5.41) is 20.9. The Morgan fingerprint density at radius 2 is 1.75 bits per heavy atom. The number of carbonyl (C=O) groups is 2. The van der Waals surface area contributed by atoms with Crippen molar-refractivity contribution in [2.24, 2.45) is 13.0 Å². The molecule has 18 heteroatoms. The molecule has 3 saturated heterocycles. The Balaban J connectivity index is 0.923. The van der Waals surface area contributed by atoms with Crippen LogP contribution in [0, 0.1) is 17.2 Å². The van der Waals surface area contributed by atoms with E-state index in [0.29, 0.717) is 48.7 Å². The molecule has 3 aliphatic heterocycles. The number of aromatic nitrogens is 4. The molecule has 1 atom stereocenters. The fourth-order valence-corrected chi connectivity index (χ4v) is 9.46. The standard InChI is InChI=1S/C38H44F2N10O5S/c1-24(23-48-12-7-25(8-13-48)26-4-6-32-33(19-26)47(2)46-35(32)50-16-11-34(51)45-38(50)52)17-28-18-31(5-3-27(28)20-41)56(53,54)49-14-9-29(10-15-49)44-37-42-21-30(22-43-37)55-36(39)40/h3-6,18-19,21-22,24-25,29,36H,7-17,23H2,1-2H3,(H,42,43,44)(H,45,51,52). The van der Waals surface area contributed by atoms with E-state index in [-0.39, 0.29) is 54.0 Å². The molecule has 5 heterocycles. The van der Waals surface area contributed by atoms with Crippen molar-refractivity contribution in [3.05, 3.63) is 65.5 Å². The lowest BCUT2D eigenvalue weighted by Crippen LogP contribution is -2.49. The first-order chi connectivity index (χ1) is 26.9. The van der Waals surface area contributed by atoms with Crippen LogP contribution in [0.2, 0.25) is 0 Å². The smallest absolute Gasteiger partial charge is 0.387 e. The number of sulfonamides is 1. The van der Waals surface area contributed by atoms with E-state index in [4.69, 9.17) is 0 Å². The van der Waals surface area contributed by atoms with E-state index in [1.165, 1.54) is 20.8 Å². The second-order valence-electron chi connectivity index (χ2n) is 14.7. The summed E-state index contributed by atoms with van der Waals surface area (Å²) in [6, 6.07) is 12.7. The molecule has 3 fully saturated rings. The lowest BCUT2D eigenvalue weighted by molar-refractivity contribution is -0.120. The van der Waals surface area contributed by atoms with Crippen LogP contribution < -0.4 is 20.3 Å². The van der Waals surface area contributed by atoms with Crippen molar-refractivity contribution < 1.29 is 31.5 Å². The average molecular weight is 791 g/mol. The number of hydrogen-bond acceptors (Lipinski definition) is 11. The molecule has 4 aromatic rings. The van der Waals surface area contributed by atoms with E-state index in [1.54, 1.807) is 16.8 Å². The molecule has 3 aliphatic rings. The molecule has 2 aromatic heterocycles. The third kappa shape index (κ3) is 8.59. The van der Waals surface area contributed by atoms with Gasteiger partial charge in [0, 0.05) is 51.1 Å². The van der Waals surface area contributed by atoms with Gasteiger partial charge < -0.3 is 15.0 Å². The van der Waals surface area contributed by atoms with Gasteiger partial charge in [-0.05, 0) is 98.5 Å². The van der Waals surface area contributed by atoms with E-state index >= 15 is 0 Å². The molecule has 0 saturated carbocycles. The fourth-order valence-electron chi connectivity index (χ4n) is 7.94. The van der Waals surface area contributed by atoms with Gasteiger partial charge in [-0.15, -0.1) is 0 Å². The number of amides is 3. The van der Waals surface area contributed by atoms with Gasteiger partial charge in [0.2, 0.25) is 21.9 Å². The summed E-state index contributed by atoms with van der Waals surface area (Å²) in [5.74, 6) is 0.889. The maximum absolute atomic E-state index is 13.7. The van der Waals surface area contributed by atoms with Crippen molar-refractivity contribution in [2.75, 3.05) is 49.5 Å². The van der Waals surface area contributed by atoms with Crippen LogP contribution in [-0.2, 0) is 28.3 Å². The van der Waals surface area contributed by atoms with Crippen LogP contribution in [0.1, 0.15) is 61.6 Å². The number of urea groups is 1. The van der Waals surface area contributed by atoms with Gasteiger partial charge in [0.15, 0.2) is 11.6 Å². The van der Waals surface area contributed by atoms with Gasteiger partial charge in [-0.2, -0.15) is 23.4 Å². The highest BCUT2D eigenvalue weighted by atomic mass is 32.2. The number of nitriles is 1. The van der Waals surface area contributed by atoms with Gasteiger partial charge in [-0.1, -0.05) is 13.0 Å². The third-order valence-corrected chi connectivity index (χ3v) is 12.7. The van der Waals surface area contributed by atoms with Gasteiger partial charge >= 0.3 is 12.6 Å². The number of piperidine rings is 2. The Hall–Kier alpha value is -5.25. The average Bonchev–Trinajstić information content (AvgIpc) is 3.50. The molecule has 7 rings (SSSR count). The molecule has 1 unspecified atom stereocenters. The molecular formula is C38H44F2N10O5S. The highest BCUT2D eigenvalue weighted by Gasteiger charge is 2.32. The molecule has 2 aromatic carbocycles. The zero-order chi connectivity index (χ0) is 39.6. The molecular weight excluding hydrogens is 747 g/mol. The summed E-state index contributed by atoms with van der Waals surface area (Å²) in [7, 11) is -1.96. The molecule has 2 N–H and O–H groups in total. The van der Waals surface area contributed by atoms with Crippen LogP contribution in [0.3, 0.4) is 0 Å². The summed E-state index contributed by atoms with van der Waals surface area (Å²) in [4.78, 5) is 36.3. The summed E-state index contributed by atoms with van der Waals surface area (Å²) in [6.45, 7) is 2.60. The molecule has 3 amide bonds. The number of alkyl halides is 2. The van der Waals surface area contributed by atoms with Gasteiger partial charge in [0.25, 0.3) is 0 Å². The summed E-state index contributed by atoms with van der Waals surface area (Å²) in [6.07, 6.45) is 6.03. The lowest BCUT2D eigenvalue weighted by atomic mass is 9.88. The predicted molar refractivity (Wildman–Crippen MR) is 203 cm³/mol. The Morgan fingerprint density at radius 3 is 2.43 bits per heavy atom. The number of nitrogens with zero attached hydrogens (tertiary/aromatic N) is 8. The van der Waals surface area contributed by atoms with E-state index in [0.717, 1.165) is 55.8 Å². The molecule has 0 radical (unpaired) electrons. The van der Waals surface area contributed by atoms with Crippen LogP contribution >= 0.6 is 0 Å². The molecule has 0 spiro atoms.